The maximum Gasteiger partial charge on any atom is 0.271 e. The summed E-state index contributed by atoms with van der Waals surface area (Å²) in [5.74, 6) is 1.04. The van der Waals surface area contributed by atoms with Crippen molar-refractivity contribution in [3.05, 3.63) is 80.9 Å². The van der Waals surface area contributed by atoms with Gasteiger partial charge in [-0.25, -0.2) is 5.43 Å². The molecule has 2 N–H and O–H groups in total. The number of phenolic OH excluding ortho intramolecular Hbond substituents is 1. The number of aromatic hydroxyl groups is 1. The number of amides is 1. The molecule has 0 fully saturated rings. The van der Waals surface area contributed by atoms with E-state index in [0.717, 1.165) is 5.56 Å². The average molecular weight is 546 g/mol. The Kier molecular flexibility index (Phi) is 8.32. The second-order valence-electron chi connectivity index (χ2n) is 6.62. The smallest absolute Gasteiger partial charge is 0.271 e. The zero-order valence-corrected chi connectivity index (χ0v) is 19.8. The van der Waals surface area contributed by atoms with Gasteiger partial charge in [0.05, 0.1) is 23.5 Å². The first kappa shape index (κ1) is 23.4. The number of carbonyl (C=O) groups excluding carboxylic acids is 1. The van der Waals surface area contributed by atoms with Crippen LogP contribution in [0.15, 0.2) is 65.8 Å². The molecule has 8 heteroatoms. The molecule has 0 aliphatic rings. The van der Waals surface area contributed by atoms with E-state index in [2.05, 4.69) is 10.5 Å². The van der Waals surface area contributed by atoms with Gasteiger partial charge in [0, 0.05) is 5.56 Å². The summed E-state index contributed by atoms with van der Waals surface area (Å²) in [6, 6.07) is 18.1. The number of hydrogen-bond acceptors (Lipinski definition) is 6. The number of halogens is 1. The van der Waals surface area contributed by atoms with E-state index in [1.165, 1.54) is 13.3 Å². The lowest BCUT2D eigenvalue weighted by atomic mass is 10.2. The summed E-state index contributed by atoms with van der Waals surface area (Å²) >= 11 is 1.99. The molecule has 7 nitrogen and oxygen atoms in total. The SMILES string of the molecule is CCOc1cc(C(=O)N/N=C/c2cc(I)c(O)c(OC)c2)ccc1OCc1ccccc1. The average Bonchev–Trinajstić information content (AvgIpc) is 2.81. The third-order valence-electron chi connectivity index (χ3n) is 4.39. The van der Waals surface area contributed by atoms with E-state index in [4.69, 9.17) is 14.2 Å². The number of benzene rings is 3. The highest BCUT2D eigenvalue weighted by Crippen LogP contribution is 2.32. The molecular formula is C24H23IN2O5. The van der Waals surface area contributed by atoms with E-state index in [9.17, 15) is 9.90 Å². The number of hydrazone groups is 1. The van der Waals surface area contributed by atoms with Gasteiger partial charge in [0.25, 0.3) is 5.91 Å². The lowest BCUT2D eigenvalue weighted by Crippen LogP contribution is -2.17. The van der Waals surface area contributed by atoms with Crippen molar-refractivity contribution in [2.75, 3.05) is 13.7 Å². The van der Waals surface area contributed by atoms with Crippen LogP contribution in [0.2, 0.25) is 0 Å². The largest absolute Gasteiger partial charge is 0.504 e. The van der Waals surface area contributed by atoms with Crippen LogP contribution in [0.5, 0.6) is 23.0 Å². The van der Waals surface area contributed by atoms with Crippen LogP contribution in [0.3, 0.4) is 0 Å². The van der Waals surface area contributed by atoms with Crippen molar-refractivity contribution in [2.24, 2.45) is 5.10 Å². The van der Waals surface area contributed by atoms with Crippen LogP contribution in [0.4, 0.5) is 0 Å². The van der Waals surface area contributed by atoms with Gasteiger partial charge in [0.15, 0.2) is 23.0 Å². The van der Waals surface area contributed by atoms with Gasteiger partial charge in [-0.1, -0.05) is 30.3 Å². The van der Waals surface area contributed by atoms with Gasteiger partial charge in [0.2, 0.25) is 0 Å². The Morgan fingerprint density at radius 2 is 1.84 bits per heavy atom. The first-order chi connectivity index (χ1) is 15.5. The molecule has 0 bridgehead atoms. The first-order valence-electron chi connectivity index (χ1n) is 9.85. The van der Waals surface area contributed by atoms with Crippen LogP contribution in [0, 0.1) is 3.57 Å². The predicted molar refractivity (Wildman–Crippen MR) is 131 cm³/mol. The zero-order valence-electron chi connectivity index (χ0n) is 17.7. The molecule has 3 aromatic rings. The first-order valence-corrected chi connectivity index (χ1v) is 10.9. The lowest BCUT2D eigenvalue weighted by Gasteiger charge is -2.13. The Labute approximate surface area is 200 Å². The minimum atomic E-state index is -0.391. The number of ether oxygens (including phenoxy) is 3. The van der Waals surface area contributed by atoms with Crippen LogP contribution >= 0.6 is 22.6 Å². The Balaban J connectivity index is 1.69. The molecule has 0 heterocycles. The van der Waals surface area contributed by atoms with Crippen LogP contribution in [-0.4, -0.2) is 30.9 Å². The molecule has 0 saturated heterocycles. The van der Waals surface area contributed by atoms with Gasteiger partial charge in [-0.15, -0.1) is 0 Å². The molecule has 0 aliphatic carbocycles. The summed E-state index contributed by atoms with van der Waals surface area (Å²) in [7, 11) is 1.47. The minimum Gasteiger partial charge on any atom is -0.504 e. The Morgan fingerprint density at radius 3 is 2.56 bits per heavy atom. The van der Waals surface area contributed by atoms with Gasteiger partial charge in [0.1, 0.15) is 6.61 Å². The predicted octanol–water partition coefficient (Wildman–Crippen LogP) is 4.75. The molecule has 3 aromatic carbocycles. The summed E-state index contributed by atoms with van der Waals surface area (Å²) in [5, 5.41) is 13.9. The highest BCUT2D eigenvalue weighted by Gasteiger charge is 2.12. The molecule has 0 atom stereocenters. The van der Waals surface area contributed by atoms with Crippen LogP contribution in [0.25, 0.3) is 0 Å². The summed E-state index contributed by atoms with van der Waals surface area (Å²) in [6.45, 7) is 2.70. The van der Waals surface area contributed by atoms with Crippen molar-refractivity contribution in [3.8, 4) is 23.0 Å². The zero-order chi connectivity index (χ0) is 22.9. The Hall–Kier alpha value is -3.27. The maximum absolute atomic E-state index is 12.5. The fourth-order valence-corrected chi connectivity index (χ4v) is 3.45. The number of methoxy groups -OCH3 is 1. The van der Waals surface area contributed by atoms with Crippen LogP contribution in [-0.2, 0) is 6.61 Å². The second-order valence-corrected chi connectivity index (χ2v) is 7.78. The highest BCUT2D eigenvalue weighted by molar-refractivity contribution is 14.1. The van der Waals surface area contributed by atoms with Crippen molar-refractivity contribution < 1.29 is 24.1 Å². The van der Waals surface area contributed by atoms with Crippen LogP contribution < -0.4 is 19.6 Å². The van der Waals surface area contributed by atoms with Gasteiger partial charge in [-0.2, -0.15) is 5.10 Å². The van der Waals surface area contributed by atoms with E-state index in [-0.39, 0.29) is 5.75 Å². The van der Waals surface area contributed by atoms with Crippen molar-refractivity contribution >= 4 is 34.7 Å². The monoisotopic (exact) mass is 546 g/mol. The van der Waals surface area contributed by atoms with Crippen molar-refractivity contribution in [1.29, 1.82) is 0 Å². The topological polar surface area (TPSA) is 89.4 Å². The lowest BCUT2D eigenvalue weighted by molar-refractivity contribution is 0.0954. The van der Waals surface area contributed by atoms with E-state index in [1.54, 1.807) is 30.3 Å². The van der Waals surface area contributed by atoms with Crippen molar-refractivity contribution in [2.45, 2.75) is 13.5 Å². The standard InChI is InChI=1S/C24H23IN2O5/c1-3-31-21-13-18(9-10-20(21)32-15-16-7-5-4-6-8-16)24(29)27-26-14-17-11-19(25)23(28)22(12-17)30-2/h4-14,28H,3,15H2,1-2H3,(H,27,29)/b26-14+. The molecule has 0 unspecified atom stereocenters. The minimum absolute atomic E-state index is 0.0623. The summed E-state index contributed by atoms with van der Waals surface area (Å²) < 4.78 is 17.3. The third-order valence-corrected chi connectivity index (χ3v) is 5.22. The molecule has 166 valence electrons. The number of nitrogens with one attached hydrogen (secondary N) is 1. The second kappa shape index (κ2) is 11.4. The fraction of sp³-hybridized carbons (Fsp3) is 0.167. The van der Waals surface area contributed by atoms with Gasteiger partial charge in [-0.3, -0.25) is 4.79 Å². The molecule has 0 aliphatic heterocycles. The van der Waals surface area contributed by atoms with E-state index in [0.29, 0.717) is 45.2 Å². The molecule has 32 heavy (non-hydrogen) atoms. The molecule has 0 aromatic heterocycles. The molecule has 0 spiro atoms. The summed E-state index contributed by atoms with van der Waals surface area (Å²) in [6.07, 6.45) is 1.48. The van der Waals surface area contributed by atoms with E-state index in [1.807, 2.05) is 59.8 Å². The third kappa shape index (κ3) is 6.13. The number of rotatable bonds is 9. The quantitative estimate of drug-likeness (QED) is 0.230. The summed E-state index contributed by atoms with van der Waals surface area (Å²) in [5.41, 5.74) is 4.58. The van der Waals surface area contributed by atoms with Gasteiger partial charge < -0.3 is 19.3 Å². The van der Waals surface area contributed by atoms with E-state index >= 15 is 0 Å². The molecular weight excluding hydrogens is 523 g/mol. The Bertz CT molecular complexity index is 1100. The molecule has 3 rings (SSSR count). The van der Waals surface area contributed by atoms with Gasteiger partial charge in [-0.05, 0) is 71.0 Å². The highest BCUT2D eigenvalue weighted by atomic mass is 127. The Morgan fingerprint density at radius 1 is 1.06 bits per heavy atom. The number of hydrogen-bond donors (Lipinski definition) is 2. The number of phenols is 1. The maximum atomic E-state index is 12.5. The normalized spacial score (nSPS) is 10.7. The van der Waals surface area contributed by atoms with Crippen LogP contribution in [0.1, 0.15) is 28.4 Å². The molecule has 0 saturated carbocycles. The molecule has 0 radical (unpaired) electrons. The molecule has 1 amide bonds. The fourth-order valence-electron chi connectivity index (χ4n) is 2.83. The van der Waals surface area contributed by atoms with Crippen molar-refractivity contribution in [3.63, 3.8) is 0 Å². The van der Waals surface area contributed by atoms with Crippen molar-refractivity contribution in [1.82, 2.24) is 5.43 Å². The summed E-state index contributed by atoms with van der Waals surface area (Å²) in [4.78, 5) is 12.5. The number of nitrogens with zero attached hydrogens (tertiary/aromatic N) is 1. The van der Waals surface area contributed by atoms with E-state index < -0.39 is 5.91 Å². The number of carbonyl (C=O) groups is 1. The van der Waals surface area contributed by atoms with Gasteiger partial charge >= 0.3 is 0 Å².